The molecule has 1 amide bonds. The molecule has 6 heteroatoms. The van der Waals surface area contributed by atoms with Gasteiger partial charge < -0.3 is 14.0 Å². The lowest BCUT2D eigenvalue weighted by atomic mass is 9.97. The molecule has 1 atom stereocenters. The molecular weight excluding hydrogens is 338 g/mol. The Morgan fingerprint density at radius 2 is 1.89 bits per heavy atom. The van der Waals surface area contributed by atoms with Gasteiger partial charge in [-0.1, -0.05) is 30.3 Å². The topological polar surface area (TPSA) is 56.0 Å². The zero-order valence-corrected chi connectivity index (χ0v) is 15.7. The van der Waals surface area contributed by atoms with Gasteiger partial charge in [0.1, 0.15) is 18.2 Å². The van der Waals surface area contributed by atoms with Crippen LogP contribution in [0.5, 0.6) is 0 Å². The summed E-state index contributed by atoms with van der Waals surface area (Å²) < 4.78 is 4.12. The molecule has 1 saturated heterocycles. The zero-order chi connectivity index (χ0) is 18.6. The molecule has 140 valence electrons. The number of imidazole rings is 2. The maximum absolute atomic E-state index is 12.8. The van der Waals surface area contributed by atoms with Crippen molar-refractivity contribution in [2.24, 2.45) is 0 Å². The van der Waals surface area contributed by atoms with Crippen molar-refractivity contribution in [2.75, 3.05) is 13.1 Å². The minimum absolute atomic E-state index is 0.155. The second-order valence-electron chi connectivity index (χ2n) is 7.18. The Bertz CT molecular complexity index is 898. The Kier molecular flexibility index (Phi) is 5.05. The van der Waals surface area contributed by atoms with Crippen LogP contribution in [-0.2, 0) is 17.9 Å². The molecule has 0 saturated carbocycles. The number of hydrogen-bond donors (Lipinski definition) is 0. The summed E-state index contributed by atoms with van der Waals surface area (Å²) in [6.07, 6.45) is 9.59. The molecule has 1 aliphatic heterocycles. The van der Waals surface area contributed by atoms with Crippen molar-refractivity contribution in [3.63, 3.8) is 0 Å². The third-order valence-corrected chi connectivity index (χ3v) is 5.31. The number of piperidine rings is 1. The van der Waals surface area contributed by atoms with Crippen LogP contribution in [0, 0.1) is 6.92 Å². The number of aryl methyl sites for hydroxylation is 1. The average Bonchev–Trinajstić information content (AvgIpc) is 3.32. The van der Waals surface area contributed by atoms with Crippen molar-refractivity contribution in [2.45, 2.75) is 38.8 Å². The van der Waals surface area contributed by atoms with Crippen molar-refractivity contribution >= 4 is 5.91 Å². The molecule has 3 aromatic rings. The van der Waals surface area contributed by atoms with E-state index in [2.05, 4.69) is 38.8 Å². The first-order chi connectivity index (χ1) is 13.2. The monoisotopic (exact) mass is 363 g/mol. The van der Waals surface area contributed by atoms with Gasteiger partial charge >= 0.3 is 0 Å². The van der Waals surface area contributed by atoms with Gasteiger partial charge in [0.05, 0.1) is 0 Å². The van der Waals surface area contributed by atoms with Crippen molar-refractivity contribution in [3.05, 3.63) is 72.3 Å². The number of amides is 1. The molecule has 0 aliphatic carbocycles. The number of benzene rings is 1. The molecule has 1 fully saturated rings. The third kappa shape index (κ3) is 3.94. The van der Waals surface area contributed by atoms with Crippen LogP contribution in [-0.4, -0.2) is 43.0 Å². The van der Waals surface area contributed by atoms with Gasteiger partial charge in [0.15, 0.2) is 0 Å². The first kappa shape index (κ1) is 17.5. The largest absolute Gasteiger partial charge is 0.340 e. The predicted molar refractivity (Wildman–Crippen MR) is 103 cm³/mol. The van der Waals surface area contributed by atoms with Gasteiger partial charge in [0.2, 0.25) is 5.91 Å². The highest BCUT2D eigenvalue weighted by Crippen LogP contribution is 2.26. The number of likely N-dealkylation sites (tertiary alicyclic amines) is 1. The third-order valence-electron chi connectivity index (χ3n) is 5.31. The molecule has 1 aromatic carbocycles. The van der Waals surface area contributed by atoms with Gasteiger partial charge in [0, 0.05) is 50.3 Å². The highest BCUT2D eigenvalue weighted by atomic mass is 16.2. The highest BCUT2D eigenvalue weighted by Gasteiger charge is 2.27. The average molecular weight is 363 g/mol. The predicted octanol–water partition coefficient (Wildman–Crippen LogP) is 2.84. The Balaban J connectivity index is 1.45. The van der Waals surface area contributed by atoms with E-state index < -0.39 is 0 Å². The molecule has 0 N–H and O–H groups in total. The molecule has 0 bridgehead atoms. The van der Waals surface area contributed by atoms with Crippen molar-refractivity contribution in [1.82, 2.24) is 24.0 Å². The van der Waals surface area contributed by atoms with Gasteiger partial charge in [-0.3, -0.25) is 4.79 Å². The molecule has 27 heavy (non-hydrogen) atoms. The lowest BCUT2D eigenvalue weighted by Crippen LogP contribution is -2.41. The number of rotatable bonds is 5. The van der Waals surface area contributed by atoms with Crippen LogP contribution < -0.4 is 0 Å². The highest BCUT2D eigenvalue weighted by molar-refractivity contribution is 5.76. The van der Waals surface area contributed by atoms with E-state index in [4.69, 9.17) is 0 Å². The first-order valence-electron chi connectivity index (χ1n) is 9.51. The summed E-state index contributed by atoms with van der Waals surface area (Å²) in [6.45, 7) is 4.65. The summed E-state index contributed by atoms with van der Waals surface area (Å²) in [5.74, 6) is 2.39. The van der Waals surface area contributed by atoms with Crippen LogP contribution in [0.15, 0.2) is 55.1 Å². The Labute approximate surface area is 159 Å². The summed E-state index contributed by atoms with van der Waals surface area (Å²) >= 11 is 0. The van der Waals surface area contributed by atoms with Crippen LogP contribution >= 0.6 is 0 Å². The van der Waals surface area contributed by atoms with Gasteiger partial charge in [-0.15, -0.1) is 0 Å². The van der Waals surface area contributed by atoms with Crippen LogP contribution in [0.3, 0.4) is 0 Å². The first-order valence-corrected chi connectivity index (χ1v) is 9.51. The van der Waals surface area contributed by atoms with E-state index in [1.165, 1.54) is 5.56 Å². The molecule has 2 aromatic heterocycles. The van der Waals surface area contributed by atoms with E-state index in [0.29, 0.717) is 6.54 Å². The SMILES string of the molecule is Cc1nccn1CC(=O)N1CCCC(c2nccn2Cc2ccccc2)C1. The van der Waals surface area contributed by atoms with E-state index in [0.717, 1.165) is 44.1 Å². The summed E-state index contributed by atoms with van der Waals surface area (Å²) in [5, 5.41) is 0. The molecule has 3 heterocycles. The van der Waals surface area contributed by atoms with Gasteiger partial charge in [-0.05, 0) is 25.3 Å². The smallest absolute Gasteiger partial charge is 0.242 e. The second-order valence-corrected chi connectivity index (χ2v) is 7.18. The summed E-state index contributed by atoms with van der Waals surface area (Å²) in [5.41, 5.74) is 1.26. The van der Waals surface area contributed by atoms with Gasteiger partial charge in [0.25, 0.3) is 0 Å². The number of carbonyl (C=O) groups excluding carboxylic acids is 1. The number of aromatic nitrogens is 4. The summed E-state index contributed by atoms with van der Waals surface area (Å²) in [7, 11) is 0. The lowest BCUT2D eigenvalue weighted by molar-refractivity contribution is -0.133. The second kappa shape index (κ2) is 7.78. The van der Waals surface area contributed by atoms with Gasteiger partial charge in [-0.2, -0.15) is 0 Å². The maximum atomic E-state index is 12.8. The standard InChI is InChI=1S/C21H25N5O/c1-17-22-9-12-24(17)16-20(27)25-11-5-8-19(15-25)21-23-10-13-26(21)14-18-6-3-2-4-7-18/h2-4,6-7,9-10,12-13,19H,5,8,11,14-16H2,1H3. The Hall–Kier alpha value is -2.89. The summed E-state index contributed by atoms with van der Waals surface area (Å²) in [4.78, 5) is 23.6. The van der Waals surface area contributed by atoms with E-state index in [1.54, 1.807) is 6.20 Å². The maximum Gasteiger partial charge on any atom is 0.242 e. The van der Waals surface area contributed by atoms with Crippen molar-refractivity contribution in [3.8, 4) is 0 Å². The lowest BCUT2D eigenvalue weighted by Gasteiger charge is -2.33. The van der Waals surface area contributed by atoms with Crippen molar-refractivity contribution in [1.29, 1.82) is 0 Å². The van der Waals surface area contributed by atoms with Crippen LogP contribution in [0.2, 0.25) is 0 Å². The van der Waals surface area contributed by atoms with Gasteiger partial charge in [-0.25, -0.2) is 9.97 Å². The van der Waals surface area contributed by atoms with E-state index in [-0.39, 0.29) is 11.8 Å². The van der Waals surface area contributed by atoms with E-state index in [1.807, 2.05) is 41.0 Å². The molecule has 0 spiro atoms. The van der Waals surface area contributed by atoms with Crippen LogP contribution in [0.25, 0.3) is 0 Å². The molecule has 4 rings (SSSR count). The van der Waals surface area contributed by atoms with Crippen molar-refractivity contribution < 1.29 is 4.79 Å². The molecule has 1 unspecified atom stereocenters. The fraction of sp³-hybridized carbons (Fsp3) is 0.381. The van der Waals surface area contributed by atoms with E-state index in [9.17, 15) is 4.79 Å². The minimum atomic E-state index is 0.155. The normalized spacial score (nSPS) is 17.2. The quantitative estimate of drug-likeness (QED) is 0.700. The zero-order valence-electron chi connectivity index (χ0n) is 15.7. The van der Waals surface area contributed by atoms with Crippen LogP contribution in [0.4, 0.5) is 0 Å². The number of carbonyl (C=O) groups is 1. The molecule has 0 radical (unpaired) electrons. The van der Waals surface area contributed by atoms with Crippen LogP contribution in [0.1, 0.15) is 36.0 Å². The molecular formula is C21H25N5O. The fourth-order valence-electron chi connectivity index (χ4n) is 3.83. The minimum Gasteiger partial charge on any atom is -0.340 e. The number of hydrogen-bond acceptors (Lipinski definition) is 3. The Morgan fingerprint density at radius 1 is 1.11 bits per heavy atom. The van der Waals surface area contributed by atoms with E-state index >= 15 is 0 Å². The Morgan fingerprint density at radius 3 is 2.67 bits per heavy atom. The fourth-order valence-corrected chi connectivity index (χ4v) is 3.83. The molecule has 1 aliphatic rings. The number of nitrogens with zero attached hydrogens (tertiary/aromatic N) is 5. The summed E-state index contributed by atoms with van der Waals surface area (Å²) in [6, 6.07) is 10.4. The molecule has 6 nitrogen and oxygen atoms in total.